The van der Waals surface area contributed by atoms with Crippen LogP contribution in [0.5, 0.6) is 0 Å². The largest absolute Gasteiger partial charge is 0.391 e. The molecule has 0 fully saturated rings. The second-order valence-corrected chi connectivity index (χ2v) is 6.76. The van der Waals surface area contributed by atoms with E-state index in [9.17, 15) is 26.4 Å². The van der Waals surface area contributed by atoms with Gasteiger partial charge in [-0.25, -0.2) is 0 Å². The zero-order valence-electron chi connectivity index (χ0n) is 10.1. The molecule has 0 aromatic rings. The van der Waals surface area contributed by atoms with Crippen molar-refractivity contribution in [1.29, 1.82) is 0 Å². The summed E-state index contributed by atoms with van der Waals surface area (Å²) in [6, 6.07) is 0. The van der Waals surface area contributed by atoms with E-state index in [1.54, 1.807) is 0 Å². The Labute approximate surface area is 110 Å². The first-order valence-corrected chi connectivity index (χ1v) is 8.13. The first-order chi connectivity index (χ1) is 8.45. The standard InChI is InChI=1S/C8H14O9S2/c1-3-5(18(11,12)13)7(9)17-8(10)6(4-2)19(14,15)16/h5-6H,3-4H2,1-2H3,(H,11,12,13)(H,14,15,16). The van der Waals surface area contributed by atoms with Crippen LogP contribution in [0.1, 0.15) is 26.7 Å². The third-order valence-corrected chi connectivity index (χ3v) is 4.68. The summed E-state index contributed by atoms with van der Waals surface area (Å²) >= 11 is 0. The highest BCUT2D eigenvalue weighted by molar-refractivity contribution is 7.87. The van der Waals surface area contributed by atoms with E-state index in [4.69, 9.17) is 9.11 Å². The molecule has 0 saturated heterocycles. The molecule has 0 heterocycles. The summed E-state index contributed by atoms with van der Waals surface area (Å²) in [6.45, 7) is 2.48. The van der Waals surface area contributed by atoms with Crippen molar-refractivity contribution in [3.8, 4) is 0 Å². The maximum absolute atomic E-state index is 11.3. The SMILES string of the molecule is CCC(C(=O)OC(=O)C(CC)S(=O)(=O)O)S(=O)(=O)O. The highest BCUT2D eigenvalue weighted by atomic mass is 32.2. The summed E-state index contributed by atoms with van der Waals surface area (Å²) in [5.74, 6) is -3.20. The van der Waals surface area contributed by atoms with Crippen LogP contribution in [0.3, 0.4) is 0 Å². The fraction of sp³-hybridized carbons (Fsp3) is 0.750. The molecular formula is C8H14O9S2. The van der Waals surface area contributed by atoms with Gasteiger partial charge in [0.1, 0.15) is 0 Å². The Kier molecular flexibility index (Phi) is 6.06. The van der Waals surface area contributed by atoms with Crippen molar-refractivity contribution in [2.24, 2.45) is 0 Å². The average Bonchev–Trinajstić information content (AvgIpc) is 2.13. The molecule has 2 N–H and O–H groups in total. The van der Waals surface area contributed by atoms with E-state index in [0.29, 0.717) is 0 Å². The maximum Gasteiger partial charge on any atom is 0.334 e. The van der Waals surface area contributed by atoms with Crippen LogP contribution in [0.25, 0.3) is 0 Å². The topological polar surface area (TPSA) is 152 Å². The number of hydrogen-bond donors (Lipinski definition) is 2. The van der Waals surface area contributed by atoms with Crippen molar-refractivity contribution in [3.63, 3.8) is 0 Å². The molecule has 19 heavy (non-hydrogen) atoms. The van der Waals surface area contributed by atoms with E-state index in [1.165, 1.54) is 13.8 Å². The Balaban J connectivity index is 5.06. The maximum atomic E-state index is 11.3. The van der Waals surface area contributed by atoms with E-state index in [0.717, 1.165) is 0 Å². The van der Waals surface area contributed by atoms with Crippen LogP contribution in [0.4, 0.5) is 0 Å². The van der Waals surface area contributed by atoms with Gasteiger partial charge >= 0.3 is 11.9 Å². The summed E-state index contributed by atoms with van der Waals surface area (Å²) in [7, 11) is -9.53. The Bertz CT molecular complexity index is 495. The molecule has 0 aliphatic rings. The van der Waals surface area contributed by atoms with E-state index < -0.39 is 42.7 Å². The molecule has 0 aliphatic carbocycles. The van der Waals surface area contributed by atoms with Gasteiger partial charge in [-0.3, -0.25) is 18.7 Å². The molecule has 0 rings (SSSR count). The molecule has 9 nitrogen and oxygen atoms in total. The highest BCUT2D eigenvalue weighted by Crippen LogP contribution is 2.11. The minimum Gasteiger partial charge on any atom is -0.391 e. The van der Waals surface area contributed by atoms with Gasteiger partial charge in [0.25, 0.3) is 20.2 Å². The highest BCUT2D eigenvalue weighted by Gasteiger charge is 2.37. The molecule has 0 radical (unpaired) electrons. The van der Waals surface area contributed by atoms with Gasteiger partial charge in [-0.05, 0) is 12.8 Å². The van der Waals surface area contributed by atoms with Crippen molar-refractivity contribution in [2.45, 2.75) is 37.2 Å². The molecule has 0 spiro atoms. The molecule has 0 aromatic carbocycles. The second-order valence-electron chi connectivity index (χ2n) is 3.56. The molecule has 0 aliphatic heterocycles. The molecule has 0 aromatic heterocycles. The third kappa shape index (κ3) is 5.22. The minimum absolute atomic E-state index is 0.367. The Morgan fingerprint density at radius 3 is 1.32 bits per heavy atom. The number of rotatable bonds is 6. The summed E-state index contributed by atoms with van der Waals surface area (Å²) in [4.78, 5) is 22.6. The lowest BCUT2D eigenvalue weighted by Crippen LogP contribution is -2.38. The van der Waals surface area contributed by atoms with Crippen LogP contribution >= 0.6 is 0 Å². The van der Waals surface area contributed by atoms with Gasteiger partial charge in [0.05, 0.1) is 0 Å². The molecule has 2 atom stereocenters. The zero-order chi connectivity index (χ0) is 15.4. The molecular weight excluding hydrogens is 304 g/mol. The normalized spacial score (nSPS) is 15.6. The predicted molar refractivity (Wildman–Crippen MR) is 62.4 cm³/mol. The lowest BCUT2D eigenvalue weighted by molar-refractivity contribution is -0.159. The number of hydrogen-bond acceptors (Lipinski definition) is 7. The Morgan fingerprint density at radius 1 is 0.895 bits per heavy atom. The lowest BCUT2D eigenvalue weighted by atomic mass is 10.3. The third-order valence-electron chi connectivity index (χ3n) is 2.19. The van der Waals surface area contributed by atoms with Gasteiger partial charge in [0.2, 0.25) is 0 Å². The van der Waals surface area contributed by atoms with Crippen LogP contribution in [0, 0.1) is 0 Å². The Morgan fingerprint density at radius 2 is 1.16 bits per heavy atom. The fourth-order valence-corrected chi connectivity index (χ4v) is 2.65. The summed E-state index contributed by atoms with van der Waals surface area (Å²) < 4.78 is 64.7. The van der Waals surface area contributed by atoms with E-state index in [2.05, 4.69) is 4.74 Å². The van der Waals surface area contributed by atoms with Crippen LogP contribution in [-0.4, -0.2) is 48.4 Å². The van der Waals surface area contributed by atoms with Crippen LogP contribution in [0.2, 0.25) is 0 Å². The van der Waals surface area contributed by atoms with Gasteiger partial charge < -0.3 is 4.74 Å². The second kappa shape index (κ2) is 6.41. The molecule has 112 valence electrons. The van der Waals surface area contributed by atoms with Gasteiger partial charge in [0, 0.05) is 0 Å². The molecule has 11 heteroatoms. The summed E-state index contributed by atoms with van der Waals surface area (Å²) in [5.41, 5.74) is 0. The Hall–Kier alpha value is -1.04. The number of carbonyl (C=O) groups is 2. The first-order valence-electron chi connectivity index (χ1n) is 5.13. The molecule has 0 saturated carbocycles. The molecule has 2 unspecified atom stereocenters. The van der Waals surface area contributed by atoms with Crippen molar-refractivity contribution in [1.82, 2.24) is 0 Å². The van der Waals surface area contributed by atoms with Crippen molar-refractivity contribution < 1.29 is 40.3 Å². The van der Waals surface area contributed by atoms with Gasteiger partial charge in [0.15, 0.2) is 10.5 Å². The van der Waals surface area contributed by atoms with E-state index >= 15 is 0 Å². The lowest BCUT2D eigenvalue weighted by Gasteiger charge is -2.13. The van der Waals surface area contributed by atoms with Crippen LogP contribution in [-0.2, 0) is 34.6 Å². The molecule has 0 bridgehead atoms. The zero-order valence-corrected chi connectivity index (χ0v) is 11.8. The first kappa shape index (κ1) is 18.0. The minimum atomic E-state index is -4.77. The average molecular weight is 318 g/mol. The van der Waals surface area contributed by atoms with E-state index in [-0.39, 0.29) is 12.8 Å². The van der Waals surface area contributed by atoms with Crippen molar-refractivity contribution >= 4 is 32.2 Å². The van der Waals surface area contributed by atoms with Crippen molar-refractivity contribution in [3.05, 3.63) is 0 Å². The number of ether oxygens (including phenoxy) is 1. The van der Waals surface area contributed by atoms with Gasteiger partial charge in [-0.2, -0.15) is 16.8 Å². The monoisotopic (exact) mass is 318 g/mol. The van der Waals surface area contributed by atoms with Gasteiger partial charge in [-0.1, -0.05) is 13.8 Å². The fourth-order valence-electron chi connectivity index (χ4n) is 1.23. The quantitative estimate of drug-likeness (QED) is 0.371. The molecule has 0 amide bonds. The number of carbonyl (C=O) groups excluding carboxylic acids is 2. The van der Waals surface area contributed by atoms with Crippen molar-refractivity contribution in [2.75, 3.05) is 0 Å². The summed E-state index contributed by atoms with van der Waals surface area (Å²) in [5, 5.41) is -3.98. The summed E-state index contributed by atoms with van der Waals surface area (Å²) in [6.07, 6.45) is -0.735. The van der Waals surface area contributed by atoms with E-state index in [1.807, 2.05) is 0 Å². The van der Waals surface area contributed by atoms with Crippen LogP contribution < -0.4 is 0 Å². The van der Waals surface area contributed by atoms with Gasteiger partial charge in [-0.15, -0.1) is 0 Å². The predicted octanol–water partition coefficient (Wildman–Crippen LogP) is -0.611. The number of esters is 2. The van der Waals surface area contributed by atoms with Crippen LogP contribution in [0.15, 0.2) is 0 Å². The smallest absolute Gasteiger partial charge is 0.334 e.